The molecule has 0 spiro atoms. The summed E-state index contributed by atoms with van der Waals surface area (Å²) in [6.45, 7) is 2.29. The van der Waals surface area contributed by atoms with Crippen LogP contribution in [0.15, 0.2) is 53.8 Å². The van der Waals surface area contributed by atoms with Crippen molar-refractivity contribution in [2.45, 2.75) is 11.1 Å². The molecule has 15 heteroatoms. The molecule has 2 N–H and O–H groups in total. The van der Waals surface area contributed by atoms with E-state index in [1.807, 2.05) is 4.90 Å². The SMILES string of the molecule is COc1ncc(-c2cc(C(F)(F)F)c3ncnc(N4CCNCC4)c3c2)cc1NS(=O)(=O)c1ccc(F)cc1F. The van der Waals surface area contributed by atoms with E-state index in [9.17, 15) is 30.4 Å². The maximum absolute atomic E-state index is 14.2. The Morgan fingerprint density at radius 2 is 1.75 bits per heavy atom. The smallest absolute Gasteiger partial charge is 0.418 e. The molecule has 2 aromatic heterocycles. The molecule has 0 atom stereocenters. The van der Waals surface area contributed by atoms with E-state index in [0.29, 0.717) is 38.1 Å². The van der Waals surface area contributed by atoms with Gasteiger partial charge in [0.05, 0.1) is 18.2 Å². The topological polar surface area (TPSA) is 109 Å². The molecule has 0 unspecified atom stereocenters. The van der Waals surface area contributed by atoms with Gasteiger partial charge in [-0.3, -0.25) is 4.72 Å². The van der Waals surface area contributed by atoms with Gasteiger partial charge in [0, 0.05) is 49.4 Å². The second-order valence-electron chi connectivity index (χ2n) is 8.81. The summed E-state index contributed by atoms with van der Waals surface area (Å²) >= 11 is 0. The molecule has 9 nitrogen and oxygen atoms in total. The van der Waals surface area contributed by atoms with E-state index in [2.05, 4.69) is 25.0 Å². The van der Waals surface area contributed by atoms with E-state index in [1.54, 1.807) is 0 Å². The molecule has 1 saturated heterocycles. The van der Waals surface area contributed by atoms with Gasteiger partial charge in [-0.05, 0) is 35.9 Å². The third kappa shape index (κ3) is 5.34. The molecule has 1 aliphatic heterocycles. The maximum Gasteiger partial charge on any atom is 0.418 e. The van der Waals surface area contributed by atoms with Crippen molar-refractivity contribution in [3.05, 3.63) is 66.1 Å². The van der Waals surface area contributed by atoms with Crippen molar-refractivity contribution in [1.82, 2.24) is 20.3 Å². The highest BCUT2D eigenvalue weighted by molar-refractivity contribution is 7.92. The Labute approximate surface area is 225 Å². The van der Waals surface area contributed by atoms with E-state index in [0.717, 1.165) is 24.5 Å². The van der Waals surface area contributed by atoms with Crippen molar-refractivity contribution in [2.75, 3.05) is 42.9 Å². The van der Waals surface area contributed by atoms with Crippen LogP contribution in [-0.4, -0.2) is 56.7 Å². The van der Waals surface area contributed by atoms with Crippen molar-refractivity contribution < 1.29 is 35.1 Å². The Morgan fingerprint density at radius 1 is 1.00 bits per heavy atom. The summed E-state index contributed by atoms with van der Waals surface area (Å²) in [5.74, 6) is -2.21. The third-order valence-electron chi connectivity index (χ3n) is 6.25. The number of sulfonamides is 1. The van der Waals surface area contributed by atoms with Crippen LogP contribution in [0.5, 0.6) is 5.88 Å². The van der Waals surface area contributed by atoms with E-state index < -0.39 is 38.3 Å². The number of hydrogen-bond donors (Lipinski definition) is 2. The van der Waals surface area contributed by atoms with Crippen LogP contribution >= 0.6 is 0 Å². The number of alkyl halides is 3. The molecular weight excluding hydrogens is 559 g/mol. The lowest BCUT2D eigenvalue weighted by Gasteiger charge is -2.29. The zero-order chi connectivity index (χ0) is 28.7. The number of nitrogens with zero attached hydrogens (tertiary/aromatic N) is 4. The number of fused-ring (bicyclic) bond motifs is 1. The summed E-state index contributed by atoms with van der Waals surface area (Å²) in [7, 11) is -3.40. The largest absolute Gasteiger partial charge is 0.480 e. The lowest BCUT2D eigenvalue weighted by Crippen LogP contribution is -2.44. The fourth-order valence-electron chi connectivity index (χ4n) is 4.40. The standard InChI is InChI=1S/C25H21F5N6O3S/c1-39-24-20(35-40(37,38)21-3-2-16(26)11-19(21)27)10-15(12-32-24)14-8-17-22(18(9-14)25(28,29)30)33-13-34-23(17)36-6-4-31-5-7-36/h2-3,8-13,31,35H,4-7H2,1H3. The molecule has 5 rings (SSSR count). The van der Waals surface area contributed by atoms with Crippen LogP contribution in [0.4, 0.5) is 33.5 Å². The van der Waals surface area contributed by atoms with E-state index in [-0.39, 0.29) is 33.6 Å². The predicted octanol–water partition coefficient (Wildman–Crippen LogP) is 4.21. The lowest BCUT2D eigenvalue weighted by atomic mass is 9.99. The Hall–Kier alpha value is -4.11. The van der Waals surface area contributed by atoms with Gasteiger partial charge in [-0.2, -0.15) is 13.2 Å². The number of aromatic nitrogens is 3. The minimum atomic E-state index is -4.77. The number of methoxy groups -OCH3 is 1. The number of anilines is 2. The van der Waals surface area contributed by atoms with E-state index in [1.165, 1.54) is 25.4 Å². The normalized spacial score (nSPS) is 14.4. The van der Waals surface area contributed by atoms with Crippen molar-refractivity contribution in [1.29, 1.82) is 0 Å². The fraction of sp³-hybridized carbons (Fsp3) is 0.240. The minimum absolute atomic E-state index is 0.0505. The summed E-state index contributed by atoms with van der Waals surface area (Å²) in [4.78, 5) is 13.2. The van der Waals surface area contributed by atoms with Gasteiger partial charge in [-0.25, -0.2) is 32.2 Å². The molecule has 0 radical (unpaired) electrons. The summed E-state index contributed by atoms with van der Waals surface area (Å²) in [6, 6.07) is 5.50. The molecule has 3 heterocycles. The van der Waals surface area contributed by atoms with Gasteiger partial charge >= 0.3 is 6.18 Å². The quantitative estimate of drug-likeness (QED) is 0.327. The number of nitrogens with one attached hydrogen (secondary N) is 2. The van der Waals surface area contributed by atoms with Gasteiger partial charge in [-0.15, -0.1) is 0 Å². The number of rotatable bonds is 6. The fourth-order valence-corrected chi connectivity index (χ4v) is 5.51. The summed E-state index contributed by atoms with van der Waals surface area (Å²) < 4.78 is 103. The van der Waals surface area contributed by atoms with Gasteiger partial charge in [0.1, 0.15) is 34.4 Å². The van der Waals surface area contributed by atoms with Crippen LogP contribution in [0, 0.1) is 11.6 Å². The van der Waals surface area contributed by atoms with Crippen LogP contribution in [0.25, 0.3) is 22.0 Å². The average molecular weight is 581 g/mol. The summed E-state index contributed by atoms with van der Waals surface area (Å²) in [6.07, 6.45) is -2.47. The van der Waals surface area contributed by atoms with Crippen molar-refractivity contribution in [3.8, 4) is 17.0 Å². The first-order valence-electron chi connectivity index (χ1n) is 11.8. The average Bonchev–Trinajstić information content (AvgIpc) is 2.91. The van der Waals surface area contributed by atoms with Crippen molar-refractivity contribution in [2.24, 2.45) is 0 Å². The van der Waals surface area contributed by atoms with Crippen molar-refractivity contribution in [3.63, 3.8) is 0 Å². The second-order valence-corrected chi connectivity index (χ2v) is 10.5. The number of halogens is 5. The van der Waals surface area contributed by atoms with Crippen molar-refractivity contribution >= 4 is 32.4 Å². The highest BCUT2D eigenvalue weighted by Gasteiger charge is 2.35. The first kappa shape index (κ1) is 27.5. The maximum atomic E-state index is 14.2. The lowest BCUT2D eigenvalue weighted by molar-refractivity contribution is -0.136. The molecule has 2 aromatic carbocycles. The van der Waals surface area contributed by atoms with Gasteiger partial charge in [-0.1, -0.05) is 0 Å². The summed E-state index contributed by atoms with van der Waals surface area (Å²) in [5.41, 5.74) is -1.42. The monoisotopic (exact) mass is 580 g/mol. The van der Waals surface area contributed by atoms with Crippen LogP contribution in [0.3, 0.4) is 0 Å². The first-order valence-corrected chi connectivity index (χ1v) is 13.3. The van der Waals surface area contributed by atoms with Crippen LogP contribution < -0.4 is 19.7 Å². The van der Waals surface area contributed by atoms with Gasteiger partial charge < -0.3 is 15.0 Å². The molecule has 40 heavy (non-hydrogen) atoms. The molecule has 0 aliphatic carbocycles. The van der Waals surface area contributed by atoms with Crippen LogP contribution in [0.1, 0.15) is 5.56 Å². The zero-order valence-corrected chi connectivity index (χ0v) is 21.6. The highest BCUT2D eigenvalue weighted by Crippen LogP contribution is 2.40. The molecule has 0 saturated carbocycles. The molecule has 4 aromatic rings. The minimum Gasteiger partial charge on any atom is -0.480 e. The number of piperazine rings is 1. The van der Waals surface area contributed by atoms with E-state index >= 15 is 0 Å². The van der Waals surface area contributed by atoms with Crippen LogP contribution in [-0.2, 0) is 16.2 Å². The first-order chi connectivity index (χ1) is 19.0. The molecule has 1 aliphatic rings. The Balaban J connectivity index is 1.65. The third-order valence-corrected chi connectivity index (χ3v) is 7.64. The Kier molecular flexibility index (Phi) is 7.18. The molecule has 0 bridgehead atoms. The summed E-state index contributed by atoms with van der Waals surface area (Å²) in [5, 5.41) is 3.33. The molecular formula is C25H21F5N6O3S. The molecule has 210 valence electrons. The van der Waals surface area contributed by atoms with Crippen LogP contribution in [0.2, 0.25) is 0 Å². The number of hydrogen-bond acceptors (Lipinski definition) is 8. The zero-order valence-electron chi connectivity index (χ0n) is 20.8. The number of ether oxygens (including phenoxy) is 1. The number of pyridine rings is 1. The predicted molar refractivity (Wildman–Crippen MR) is 137 cm³/mol. The van der Waals surface area contributed by atoms with Gasteiger partial charge in [0.2, 0.25) is 5.88 Å². The van der Waals surface area contributed by atoms with Gasteiger partial charge in [0.25, 0.3) is 10.0 Å². The molecule has 1 fully saturated rings. The number of benzene rings is 2. The second kappa shape index (κ2) is 10.5. The van der Waals surface area contributed by atoms with E-state index in [4.69, 9.17) is 4.74 Å². The molecule has 0 amide bonds. The Morgan fingerprint density at radius 3 is 2.42 bits per heavy atom. The van der Waals surface area contributed by atoms with Gasteiger partial charge in [0.15, 0.2) is 0 Å². The highest BCUT2D eigenvalue weighted by atomic mass is 32.2. The Bertz CT molecular complexity index is 1690.